The molecule has 0 amide bonds. The molecule has 1 saturated heterocycles. The van der Waals surface area contributed by atoms with Gasteiger partial charge < -0.3 is 4.57 Å². The molecule has 0 bridgehead atoms. The van der Waals surface area contributed by atoms with Crippen LogP contribution in [0.4, 0.5) is 0 Å². The highest BCUT2D eigenvalue weighted by molar-refractivity contribution is 7.89. The van der Waals surface area contributed by atoms with Crippen molar-refractivity contribution in [3.63, 3.8) is 0 Å². The van der Waals surface area contributed by atoms with Gasteiger partial charge in [-0.1, -0.05) is 12.8 Å². The van der Waals surface area contributed by atoms with Gasteiger partial charge in [0.1, 0.15) is 4.90 Å². The zero-order chi connectivity index (χ0) is 15.7. The Bertz CT molecular complexity index is 747. The third-order valence-corrected chi connectivity index (χ3v) is 6.18. The minimum atomic E-state index is -3.52. The molecular formula is C15H22N4O2S. The van der Waals surface area contributed by atoms with Crippen LogP contribution in [-0.2, 0) is 24.1 Å². The minimum Gasteiger partial charge on any atom is -0.353 e. The maximum Gasteiger partial charge on any atom is 0.246 e. The summed E-state index contributed by atoms with van der Waals surface area (Å²) in [6.07, 6.45) is 8.85. The van der Waals surface area contributed by atoms with Crippen LogP contribution in [0.2, 0.25) is 0 Å². The van der Waals surface area contributed by atoms with E-state index in [0.29, 0.717) is 6.54 Å². The lowest BCUT2D eigenvalue weighted by molar-refractivity contribution is 0.318. The van der Waals surface area contributed by atoms with Crippen molar-refractivity contribution in [2.24, 2.45) is 14.1 Å². The average Bonchev–Trinajstić information content (AvgIpc) is 3.01. The molecule has 6 nitrogen and oxygen atoms in total. The number of aryl methyl sites for hydroxylation is 2. The molecule has 0 saturated carbocycles. The summed E-state index contributed by atoms with van der Waals surface area (Å²) in [5, 5.41) is 4.01. The van der Waals surface area contributed by atoms with E-state index in [2.05, 4.69) is 5.10 Å². The van der Waals surface area contributed by atoms with Crippen LogP contribution in [0.3, 0.4) is 0 Å². The van der Waals surface area contributed by atoms with Gasteiger partial charge in [-0.3, -0.25) is 4.68 Å². The molecule has 0 N–H and O–H groups in total. The SMILES string of the molecule is Cn1cc(S(=O)(=O)N2CCCCCC2c2cccn2C)cn1. The average molecular weight is 322 g/mol. The summed E-state index contributed by atoms with van der Waals surface area (Å²) in [7, 11) is 0.180. The number of nitrogens with zero attached hydrogens (tertiary/aromatic N) is 4. The van der Waals surface area contributed by atoms with Crippen molar-refractivity contribution in [2.75, 3.05) is 6.54 Å². The van der Waals surface area contributed by atoms with Crippen molar-refractivity contribution in [3.05, 3.63) is 36.4 Å². The zero-order valence-corrected chi connectivity index (χ0v) is 13.8. The van der Waals surface area contributed by atoms with E-state index in [4.69, 9.17) is 0 Å². The quantitative estimate of drug-likeness (QED) is 0.869. The highest BCUT2D eigenvalue weighted by atomic mass is 32.2. The third-order valence-electron chi connectivity index (χ3n) is 4.32. The monoisotopic (exact) mass is 322 g/mol. The molecular weight excluding hydrogens is 300 g/mol. The van der Waals surface area contributed by atoms with Gasteiger partial charge >= 0.3 is 0 Å². The van der Waals surface area contributed by atoms with E-state index in [9.17, 15) is 8.42 Å². The fraction of sp³-hybridized carbons (Fsp3) is 0.533. The van der Waals surface area contributed by atoms with E-state index in [1.54, 1.807) is 17.5 Å². The fourth-order valence-corrected chi connectivity index (χ4v) is 4.81. The lowest BCUT2D eigenvalue weighted by Gasteiger charge is -2.29. The second-order valence-electron chi connectivity index (χ2n) is 5.87. The first kappa shape index (κ1) is 15.3. The van der Waals surface area contributed by atoms with Gasteiger partial charge in [0.2, 0.25) is 10.0 Å². The van der Waals surface area contributed by atoms with Gasteiger partial charge in [-0.25, -0.2) is 8.42 Å². The molecule has 22 heavy (non-hydrogen) atoms. The molecule has 3 rings (SSSR count). The Morgan fingerprint density at radius 2 is 2.05 bits per heavy atom. The third kappa shape index (κ3) is 2.70. The lowest BCUT2D eigenvalue weighted by atomic mass is 10.1. The van der Waals surface area contributed by atoms with E-state index < -0.39 is 10.0 Å². The van der Waals surface area contributed by atoms with E-state index in [0.717, 1.165) is 31.4 Å². The van der Waals surface area contributed by atoms with Crippen LogP contribution in [0.1, 0.15) is 37.4 Å². The van der Waals surface area contributed by atoms with Crippen molar-refractivity contribution in [1.29, 1.82) is 0 Å². The Morgan fingerprint density at radius 3 is 2.68 bits per heavy atom. The maximum absolute atomic E-state index is 13.0. The van der Waals surface area contributed by atoms with E-state index in [1.165, 1.54) is 10.9 Å². The number of aromatic nitrogens is 3. The van der Waals surface area contributed by atoms with Crippen LogP contribution < -0.4 is 0 Å². The van der Waals surface area contributed by atoms with Crippen molar-refractivity contribution < 1.29 is 8.42 Å². The van der Waals surface area contributed by atoms with Crippen molar-refractivity contribution >= 4 is 10.0 Å². The summed E-state index contributed by atoms with van der Waals surface area (Å²) in [4.78, 5) is 0.274. The Morgan fingerprint density at radius 1 is 1.23 bits per heavy atom. The molecule has 0 spiro atoms. The van der Waals surface area contributed by atoms with Gasteiger partial charge in [-0.15, -0.1) is 0 Å². The lowest BCUT2D eigenvalue weighted by Crippen LogP contribution is -2.35. The maximum atomic E-state index is 13.0. The van der Waals surface area contributed by atoms with Gasteiger partial charge in [0.05, 0.1) is 12.2 Å². The smallest absolute Gasteiger partial charge is 0.246 e. The molecule has 2 aromatic rings. The normalized spacial score (nSPS) is 20.9. The van der Waals surface area contributed by atoms with Crippen LogP contribution in [0.15, 0.2) is 35.6 Å². The summed E-state index contributed by atoms with van der Waals surface area (Å²) >= 11 is 0. The van der Waals surface area contributed by atoms with E-state index in [1.807, 2.05) is 29.9 Å². The molecule has 2 aromatic heterocycles. The largest absolute Gasteiger partial charge is 0.353 e. The van der Waals surface area contributed by atoms with Crippen molar-refractivity contribution in [2.45, 2.75) is 36.6 Å². The number of hydrogen-bond donors (Lipinski definition) is 0. The summed E-state index contributed by atoms with van der Waals surface area (Å²) < 4.78 is 31.3. The summed E-state index contributed by atoms with van der Waals surface area (Å²) in [5.74, 6) is 0. The topological polar surface area (TPSA) is 60.1 Å². The Kier molecular flexibility index (Phi) is 4.10. The van der Waals surface area contributed by atoms with Gasteiger partial charge in [-0.05, 0) is 25.0 Å². The van der Waals surface area contributed by atoms with Crippen LogP contribution >= 0.6 is 0 Å². The van der Waals surface area contributed by atoms with Gasteiger partial charge in [0.25, 0.3) is 0 Å². The predicted molar refractivity (Wildman–Crippen MR) is 83.7 cm³/mol. The van der Waals surface area contributed by atoms with E-state index >= 15 is 0 Å². The highest BCUT2D eigenvalue weighted by Crippen LogP contribution is 2.34. The second-order valence-corrected chi connectivity index (χ2v) is 7.77. The highest BCUT2D eigenvalue weighted by Gasteiger charge is 2.35. The summed E-state index contributed by atoms with van der Waals surface area (Å²) in [6.45, 7) is 0.563. The van der Waals surface area contributed by atoms with Crippen LogP contribution in [0.5, 0.6) is 0 Å². The molecule has 7 heteroatoms. The predicted octanol–water partition coefficient (Wildman–Crippen LogP) is 2.06. The number of sulfonamides is 1. The molecule has 3 heterocycles. The first-order valence-corrected chi connectivity index (χ1v) is 9.06. The molecule has 1 unspecified atom stereocenters. The second kappa shape index (κ2) is 5.89. The fourth-order valence-electron chi connectivity index (χ4n) is 3.15. The van der Waals surface area contributed by atoms with Crippen LogP contribution in [0, 0.1) is 0 Å². The van der Waals surface area contributed by atoms with Gasteiger partial charge in [0, 0.05) is 38.7 Å². The summed E-state index contributed by atoms with van der Waals surface area (Å²) in [5.41, 5.74) is 1.05. The molecule has 0 radical (unpaired) electrons. The standard InChI is InChI=1S/C15H22N4O2S/c1-17-9-6-8-14(17)15-7-4-3-5-10-19(15)22(20,21)13-11-16-18(2)12-13/h6,8-9,11-12,15H,3-5,7,10H2,1-2H3. The number of hydrogen-bond acceptors (Lipinski definition) is 3. The Labute approximate surface area is 131 Å². The molecule has 0 aliphatic carbocycles. The minimum absolute atomic E-state index is 0.104. The van der Waals surface area contributed by atoms with Gasteiger partial charge in [0.15, 0.2) is 0 Å². The Hall–Kier alpha value is -1.60. The van der Waals surface area contributed by atoms with E-state index in [-0.39, 0.29) is 10.9 Å². The van der Waals surface area contributed by atoms with Crippen LogP contribution in [0.25, 0.3) is 0 Å². The number of rotatable bonds is 3. The first-order valence-electron chi connectivity index (χ1n) is 7.62. The summed E-state index contributed by atoms with van der Waals surface area (Å²) in [6, 6.07) is 3.88. The molecule has 1 aliphatic heterocycles. The zero-order valence-electron chi connectivity index (χ0n) is 13.0. The van der Waals surface area contributed by atoms with Crippen molar-refractivity contribution in [1.82, 2.24) is 18.7 Å². The van der Waals surface area contributed by atoms with Gasteiger partial charge in [-0.2, -0.15) is 9.40 Å². The molecule has 0 aromatic carbocycles. The molecule has 1 aliphatic rings. The molecule has 1 fully saturated rings. The Balaban J connectivity index is 2.02. The molecule has 120 valence electrons. The molecule has 1 atom stereocenters. The van der Waals surface area contributed by atoms with Crippen molar-refractivity contribution in [3.8, 4) is 0 Å². The van der Waals surface area contributed by atoms with Crippen LogP contribution in [-0.4, -0.2) is 33.6 Å². The first-order chi connectivity index (χ1) is 10.5.